The molecule has 0 radical (unpaired) electrons. The highest BCUT2D eigenvalue weighted by atomic mass is 79.9. The van der Waals surface area contributed by atoms with E-state index in [1.807, 2.05) is 7.05 Å². The van der Waals surface area contributed by atoms with Crippen molar-refractivity contribution >= 4 is 31.9 Å². The maximum atomic E-state index is 5.91. The highest BCUT2D eigenvalue weighted by molar-refractivity contribution is 9.11. The summed E-state index contributed by atoms with van der Waals surface area (Å²) in [7, 11) is 1.95. The van der Waals surface area contributed by atoms with Crippen molar-refractivity contribution in [3.63, 3.8) is 0 Å². The molecule has 2 rings (SSSR count). The molecule has 5 heteroatoms. The third-order valence-electron chi connectivity index (χ3n) is 3.29. The molecule has 1 N–H and O–H groups in total. The summed E-state index contributed by atoms with van der Waals surface area (Å²) in [4.78, 5) is 2.46. The average molecular weight is 392 g/mol. The van der Waals surface area contributed by atoms with Crippen molar-refractivity contribution in [2.75, 3.05) is 33.3 Å². The van der Waals surface area contributed by atoms with E-state index in [0.29, 0.717) is 0 Å². The molecular weight excluding hydrogens is 372 g/mol. The van der Waals surface area contributed by atoms with E-state index in [2.05, 4.69) is 54.2 Å². The topological polar surface area (TPSA) is 24.5 Å². The zero-order valence-corrected chi connectivity index (χ0v) is 14.4. The van der Waals surface area contributed by atoms with Crippen LogP contribution in [0, 0.1) is 0 Å². The third-order valence-corrected chi connectivity index (χ3v) is 4.47. The minimum absolute atomic E-state index is 0.739. The van der Waals surface area contributed by atoms with Gasteiger partial charge in [-0.15, -0.1) is 0 Å². The Morgan fingerprint density at radius 3 is 2.42 bits per heavy atom. The highest BCUT2D eigenvalue weighted by Gasteiger charge is 2.13. The largest absolute Gasteiger partial charge is 0.490 e. The monoisotopic (exact) mass is 390 g/mol. The molecule has 19 heavy (non-hydrogen) atoms. The van der Waals surface area contributed by atoms with Gasteiger partial charge in [0, 0.05) is 13.1 Å². The number of halogens is 2. The van der Waals surface area contributed by atoms with Gasteiger partial charge in [0.2, 0.25) is 0 Å². The lowest BCUT2D eigenvalue weighted by atomic mass is 10.2. The van der Waals surface area contributed by atoms with Crippen LogP contribution in [0.3, 0.4) is 0 Å². The molecular formula is C14H20Br2N2O. The summed E-state index contributed by atoms with van der Waals surface area (Å²) < 4.78 is 7.92. The smallest absolute Gasteiger partial charge is 0.147 e. The molecule has 0 amide bonds. The molecule has 3 nitrogen and oxygen atoms in total. The van der Waals surface area contributed by atoms with Crippen LogP contribution < -0.4 is 10.1 Å². The molecule has 0 bridgehead atoms. The van der Waals surface area contributed by atoms with E-state index in [1.54, 1.807) is 0 Å². The van der Waals surface area contributed by atoms with E-state index in [4.69, 9.17) is 4.74 Å². The molecule has 1 heterocycles. The van der Waals surface area contributed by atoms with Crippen LogP contribution >= 0.6 is 31.9 Å². The van der Waals surface area contributed by atoms with E-state index in [1.165, 1.54) is 31.5 Å². The fourth-order valence-corrected chi connectivity index (χ4v) is 3.85. The van der Waals surface area contributed by atoms with Crippen molar-refractivity contribution in [2.24, 2.45) is 0 Å². The molecule has 0 spiro atoms. The van der Waals surface area contributed by atoms with Gasteiger partial charge in [0.1, 0.15) is 12.4 Å². The number of likely N-dealkylation sites (tertiary alicyclic amines) is 1. The van der Waals surface area contributed by atoms with Crippen LogP contribution in [-0.4, -0.2) is 38.2 Å². The molecule has 106 valence electrons. The van der Waals surface area contributed by atoms with E-state index in [-0.39, 0.29) is 0 Å². The number of nitrogens with zero attached hydrogens (tertiary/aromatic N) is 1. The van der Waals surface area contributed by atoms with Gasteiger partial charge in [-0.25, -0.2) is 0 Å². The number of nitrogens with one attached hydrogen (secondary N) is 1. The Labute approximate surface area is 132 Å². The van der Waals surface area contributed by atoms with Crippen molar-refractivity contribution in [2.45, 2.75) is 19.4 Å². The molecule has 1 aromatic carbocycles. The second-order valence-corrected chi connectivity index (χ2v) is 6.52. The number of benzene rings is 1. The summed E-state index contributed by atoms with van der Waals surface area (Å²) in [6.07, 6.45) is 2.65. The van der Waals surface area contributed by atoms with Crippen LogP contribution in [0.5, 0.6) is 5.75 Å². The Morgan fingerprint density at radius 1 is 1.21 bits per heavy atom. The summed E-state index contributed by atoms with van der Waals surface area (Å²) in [6, 6.07) is 4.21. The van der Waals surface area contributed by atoms with Gasteiger partial charge >= 0.3 is 0 Å². The minimum atomic E-state index is 0.739. The second kappa shape index (κ2) is 7.62. The zero-order chi connectivity index (χ0) is 13.7. The SMILES string of the molecule is CNCc1cc(Br)c(OCCN2CCCC2)c(Br)c1. The summed E-state index contributed by atoms with van der Waals surface area (Å²) in [6.45, 7) is 5.03. The molecule has 1 aliphatic heterocycles. The lowest BCUT2D eigenvalue weighted by Crippen LogP contribution is -2.25. The first kappa shape index (κ1) is 15.3. The lowest BCUT2D eigenvalue weighted by Gasteiger charge is -2.17. The van der Waals surface area contributed by atoms with Gasteiger partial charge in [-0.2, -0.15) is 0 Å². The molecule has 0 aliphatic carbocycles. The quantitative estimate of drug-likeness (QED) is 0.804. The summed E-state index contributed by atoms with van der Waals surface area (Å²) in [5, 5.41) is 3.15. The van der Waals surface area contributed by atoms with Gasteiger partial charge in [0.05, 0.1) is 8.95 Å². The molecule has 1 aliphatic rings. The Bertz CT molecular complexity index is 397. The summed E-state index contributed by atoms with van der Waals surface area (Å²) in [5.41, 5.74) is 1.23. The standard InChI is InChI=1S/C14H20Br2N2O/c1-17-10-11-8-12(15)14(13(16)9-11)19-7-6-18-4-2-3-5-18/h8-9,17H,2-7,10H2,1H3. The molecule has 0 unspecified atom stereocenters. The van der Waals surface area contributed by atoms with Crippen molar-refractivity contribution < 1.29 is 4.74 Å². The number of hydrogen-bond donors (Lipinski definition) is 1. The predicted molar refractivity (Wildman–Crippen MR) is 85.8 cm³/mol. The zero-order valence-electron chi connectivity index (χ0n) is 11.2. The van der Waals surface area contributed by atoms with Crippen LogP contribution in [0.1, 0.15) is 18.4 Å². The summed E-state index contributed by atoms with van der Waals surface area (Å²) >= 11 is 7.17. The Kier molecular flexibility index (Phi) is 6.13. The minimum Gasteiger partial charge on any atom is -0.490 e. The van der Waals surface area contributed by atoms with E-state index in [9.17, 15) is 0 Å². The first-order valence-corrected chi connectivity index (χ1v) is 8.27. The predicted octanol–water partition coefficient (Wildman–Crippen LogP) is 3.41. The first-order chi connectivity index (χ1) is 9.20. The van der Waals surface area contributed by atoms with Crippen LogP contribution in [0.2, 0.25) is 0 Å². The van der Waals surface area contributed by atoms with Gasteiger partial charge in [0.15, 0.2) is 0 Å². The van der Waals surface area contributed by atoms with Crippen molar-refractivity contribution in [1.29, 1.82) is 0 Å². The normalized spacial score (nSPS) is 15.9. The van der Waals surface area contributed by atoms with Gasteiger partial charge in [-0.05, 0) is 82.5 Å². The maximum Gasteiger partial charge on any atom is 0.147 e. The molecule has 1 fully saturated rings. The highest BCUT2D eigenvalue weighted by Crippen LogP contribution is 2.34. The van der Waals surface area contributed by atoms with Gasteiger partial charge in [0.25, 0.3) is 0 Å². The van der Waals surface area contributed by atoms with Crippen molar-refractivity contribution in [1.82, 2.24) is 10.2 Å². The number of ether oxygens (including phenoxy) is 1. The maximum absolute atomic E-state index is 5.91. The third kappa shape index (κ3) is 4.45. The molecule has 1 aromatic rings. The molecule has 0 atom stereocenters. The van der Waals surface area contributed by atoms with Crippen molar-refractivity contribution in [3.8, 4) is 5.75 Å². The number of hydrogen-bond acceptors (Lipinski definition) is 3. The van der Waals surface area contributed by atoms with Crippen LogP contribution in [0.15, 0.2) is 21.1 Å². The number of rotatable bonds is 6. The van der Waals surface area contributed by atoms with Crippen LogP contribution in [0.4, 0.5) is 0 Å². The molecule has 1 saturated heterocycles. The van der Waals surface area contributed by atoms with Crippen molar-refractivity contribution in [3.05, 3.63) is 26.6 Å². The van der Waals surface area contributed by atoms with Gasteiger partial charge < -0.3 is 10.1 Å². The lowest BCUT2D eigenvalue weighted by molar-refractivity contribution is 0.236. The Balaban J connectivity index is 1.91. The van der Waals surface area contributed by atoms with E-state index >= 15 is 0 Å². The average Bonchev–Trinajstić information content (AvgIpc) is 2.86. The van der Waals surface area contributed by atoms with Gasteiger partial charge in [-0.1, -0.05) is 0 Å². The molecule has 0 saturated carbocycles. The summed E-state index contributed by atoms with van der Waals surface area (Å²) in [5.74, 6) is 0.902. The van der Waals surface area contributed by atoms with E-state index in [0.717, 1.165) is 34.4 Å². The Morgan fingerprint density at radius 2 is 1.84 bits per heavy atom. The second-order valence-electron chi connectivity index (χ2n) is 4.82. The van der Waals surface area contributed by atoms with Crippen LogP contribution in [0.25, 0.3) is 0 Å². The fraction of sp³-hybridized carbons (Fsp3) is 0.571. The molecule has 0 aromatic heterocycles. The first-order valence-electron chi connectivity index (χ1n) is 6.68. The fourth-order valence-electron chi connectivity index (χ4n) is 2.34. The Hall–Kier alpha value is -0.100. The van der Waals surface area contributed by atoms with Crippen LogP contribution in [-0.2, 0) is 6.54 Å². The van der Waals surface area contributed by atoms with E-state index < -0.39 is 0 Å². The van der Waals surface area contributed by atoms with Gasteiger partial charge in [-0.3, -0.25) is 4.90 Å².